The second-order valence-electron chi connectivity index (χ2n) is 3.97. The Labute approximate surface area is 112 Å². The summed E-state index contributed by atoms with van der Waals surface area (Å²) in [6.07, 6.45) is 0. The van der Waals surface area contributed by atoms with E-state index >= 15 is 0 Å². The van der Waals surface area contributed by atoms with Crippen LogP contribution >= 0.6 is 0 Å². The van der Waals surface area contributed by atoms with Gasteiger partial charge in [0, 0.05) is 6.54 Å². The predicted octanol–water partition coefficient (Wildman–Crippen LogP) is -0.725. The number of benzene rings is 1. The molecule has 0 atom stereocenters. The van der Waals surface area contributed by atoms with Crippen LogP contribution in [0.4, 0.5) is 0 Å². The first kappa shape index (κ1) is 15.6. The first-order valence-electron chi connectivity index (χ1n) is 5.71. The summed E-state index contributed by atoms with van der Waals surface area (Å²) in [6.45, 7) is -0.380. The number of rotatable bonds is 7. The van der Waals surface area contributed by atoms with Crippen molar-refractivity contribution in [2.24, 2.45) is 0 Å². The third-order valence-corrected chi connectivity index (χ3v) is 4.32. The molecule has 0 aliphatic carbocycles. The second kappa shape index (κ2) is 7.21. The summed E-state index contributed by atoms with van der Waals surface area (Å²) in [5, 5.41) is 29.0. The summed E-state index contributed by atoms with van der Waals surface area (Å²) >= 11 is 0. The number of sulfone groups is 1. The van der Waals surface area contributed by atoms with E-state index in [1.165, 1.54) is 24.3 Å². The van der Waals surface area contributed by atoms with Crippen LogP contribution < -0.4 is 5.32 Å². The normalized spacial score (nSPS) is 11.5. The highest BCUT2D eigenvalue weighted by Crippen LogP contribution is 2.11. The SMILES string of the molecule is N#Cc1ccc(S(=O)(=O)CCNC(CO)CO)cc1. The zero-order valence-corrected chi connectivity index (χ0v) is 11.1. The number of nitriles is 1. The first-order valence-corrected chi connectivity index (χ1v) is 7.36. The maximum atomic E-state index is 11.9. The first-order chi connectivity index (χ1) is 9.03. The van der Waals surface area contributed by atoms with E-state index in [4.69, 9.17) is 15.5 Å². The average molecular weight is 284 g/mol. The van der Waals surface area contributed by atoms with Gasteiger partial charge in [0.2, 0.25) is 0 Å². The number of hydrogen-bond acceptors (Lipinski definition) is 6. The summed E-state index contributed by atoms with van der Waals surface area (Å²) < 4.78 is 23.9. The van der Waals surface area contributed by atoms with Crippen LogP contribution in [0.2, 0.25) is 0 Å². The Morgan fingerprint density at radius 2 is 1.79 bits per heavy atom. The van der Waals surface area contributed by atoms with Crippen LogP contribution in [0.5, 0.6) is 0 Å². The van der Waals surface area contributed by atoms with E-state index < -0.39 is 15.9 Å². The molecule has 0 saturated carbocycles. The lowest BCUT2D eigenvalue weighted by Gasteiger charge is -2.13. The maximum Gasteiger partial charge on any atom is 0.179 e. The van der Waals surface area contributed by atoms with Crippen LogP contribution in [0, 0.1) is 11.3 Å². The molecular weight excluding hydrogens is 268 g/mol. The van der Waals surface area contributed by atoms with Crippen molar-refractivity contribution in [1.29, 1.82) is 5.26 Å². The van der Waals surface area contributed by atoms with Gasteiger partial charge in [-0.05, 0) is 24.3 Å². The molecule has 0 spiro atoms. The van der Waals surface area contributed by atoms with Gasteiger partial charge in [-0.2, -0.15) is 5.26 Å². The highest BCUT2D eigenvalue weighted by molar-refractivity contribution is 7.91. The van der Waals surface area contributed by atoms with Gasteiger partial charge in [-0.3, -0.25) is 0 Å². The summed E-state index contributed by atoms with van der Waals surface area (Å²) in [7, 11) is -3.43. The number of nitrogens with one attached hydrogen (secondary N) is 1. The molecule has 0 aliphatic rings. The average Bonchev–Trinajstić information content (AvgIpc) is 2.43. The second-order valence-corrected chi connectivity index (χ2v) is 6.08. The molecule has 0 aliphatic heterocycles. The third-order valence-electron chi connectivity index (χ3n) is 2.59. The van der Waals surface area contributed by atoms with Crippen molar-refractivity contribution >= 4 is 9.84 Å². The van der Waals surface area contributed by atoms with Crippen LogP contribution in [0.3, 0.4) is 0 Å². The van der Waals surface area contributed by atoms with Gasteiger partial charge in [-0.1, -0.05) is 0 Å². The molecule has 0 radical (unpaired) electrons. The number of aliphatic hydroxyl groups excluding tert-OH is 2. The Morgan fingerprint density at radius 3 is 2.26 bits per heavy atom. The van der Waals surface area contributed by atoms with Gasteiger partial charge in [0.15, 0.2) is 9.84 Å². The van der Waals surface area contributed by atoms with Gasteiger partial charge in [-0.15, -0.1) is 0 Å². The molecule has 1 aromatic carbocycles. The van der Waals surface area contributed by atoms with Gasteiger partial charge >= 0.3 is 0 Å². The zero-order chi connectivity index (χ0) is 14.3. The Kier molecular flexibility index (Phi) is 5.92. The summed E-state index contributed by atoms with van der Waals surface area (Å²) in [6, 6.07) is 7.08. The topological polar surface area (TPSA) is 110 Å². The minimum Gasteiger partial charge on any atom is -0.395 e. The molecule has 0 fully saturated rings. The van der Waals surface area contributed by atoms with E-state index in [1.54, 1.807) is 0 Å². The highest BCUT2D eigenvalue weighted by atomic mass is 32.2. The molecule has 3 N–H and O–H groups in total. The minimum atomic E-state index is -3.43. The Morgan fingerprint density at radius 1 is 1.21 bits per heavy atom. The molecule has 0 unspecified atom stereocenters. The van der Waals surface area contributed by atoms with Crippen molar-refractivity contribution in [2.75, 3.05) is 25.5 Å². The lowest BCUT2D eigenvalue weighted by molar-refractivity contribution is 0.173. The number of aliphatic hydroxyl groups is 2. The van der Waals surface area contributed by atoms with E-state index in [1.807, 2.05) is 6.07 Å². The van der Waals surface area contributed by atoms with E-state index in [-0.39, 0.29) is 30.4 Å². The molecule has 0 saturated heterocycles. The summed E-state index contributed by atoms with van der Waals surface area (Å²) in [4.78, 5) is 0.151. The summed E-state index contributed by atoms with van der Waals surface area (Å²) in [5.41, 5.74) is 0.401. The fourth-order valence-corrected chi connectivity index (χ4v) is 2.61. The molecule has 0 heterocycles. The van der Waals surface area contributed by atoms with Gasteiger partial charge in [-0.25, -0.2) is 8.42 Å². The van der Waals surface area contributed by atoms with Crippen molar-refractivity contribution in [3.8, 4) is 6.07 Å². The monoisotopic (exact) mass is 284 g/mol. The molecular formula is C12H16N2O4S. The van der Waals surface area contributed by atoms with Crippen LogP contribution in [-0.2, 0) is 9.84 Å². The quantitative estimate of drug-likeness (QED) is 0.609. The molecule has 0 amide bonds. The fraction of sp³-hybridized carbons (Fsp3) is 0.417. The Balaban J connectivity index is 2.63. The van der Waals surface area contributed by atoms with E-state index in [2.05, 4.69) is 5.32 Å². The molecule has 1 aromatic rings. The van der Waals surface area contributed by atoms with Crippen molar-refractivity contribution in [3.05, 3.63) is 29.8 Å². The highest BCUT2D eigenvalue weighted by Gasteiger charge is 2.15. The molecule has 1 rings (SSSR count). The lowest BCUT2D eigenvalue weighted by Crippen LogP contribution is -2.38. The molecule has 7 heteroatoms. The molecule has 19 heavy (non-hydrogen) atoms. The zero-order valence-electron chi connectivity index (χ0n) is 10.3. The van der Waals surface area contributed by atoms with Crippen molar-refractivity contribution < 1.29 is 18.6 Å². The van der Waals surface area contributed by atoms with Gasteiger partial charge in [0.1, 0.15) is 0 Å². The largest absolute Gasteiger partial charge is 0.395 e. The molecule has 6 nitrogen and oxygen atoms in total. The molecule has 0 aromatic heterocycles. The van der Waals surface area contributed by atoms with E-state index in [0.29, 0.717) is 5.56 Å². The Hall–Kier alpha value is -1.46. The van der Waals surface area contributed by atoms with Crippen LogP contribution in [0.15, 0.2) is 29.2 Å². The number of nitrogens with zero attached hydrogens (tertiary/aromatic N) is 1. The third kappa shape index (κ3) is 4.61. The fourth-order valence-electron chi connectivity index (χ4n) is 1.44. The standard InChI is InChI=1S/C12H16N2O4S/c13-7-10-1-3-12(4-2-10)19(17,18)6-5-14-11(8-15)9-16/h1-4,11,14-16H,5-6,8-9H2. The summed E-state index contributed by atoms with van der Waals surface area (Å²) in [5.74, 6) is -0.143. The molecule has 0 bridgehead atoms. The van der Waals surface area contributed by atoms with Crippen molar-refractivity contribution in [1.82, 2.24) is 5.32 Å². The van der Waals surface area contributed by atoms with Gasteiger partial charge < -0.3 is 15.5 Å². The van der Waals surface area contributed by atoms with Crippen LogP contribution in [0.25, 0.3) is 0 Å². The van der Waals surface area contributed by atoms with Crippen molar-refractivity contribution in [3.63, 3.8) is 0 Å². The van der Waals surface area contributed by atoms with Crippen LogP contribution in [0.1, 0.15) is 5.56 Å². The van der Waals surface area contributed by atoms with E-state index in [9.17, 15) is 8.42 Å². The van der Waals surface area contributed by atoms with E-state index in [0.717, 1.165) is 0 Å². The lowest BCUT2D eigenvalue weighted by atomic mass is 10.2. The minimum absolute atomic E-state index is 0.133. The van der Waals surface area contributed by atoms with Crippen LogP contribution in [-0.4, -0.2) is 50.2 Å². The van der Waals surface area contributed by atoms with Gasteiger partial charge in [0.25, 0.3) is 0 Å². The number of hydrogen-bond donors (Lipinski definition) is 3. The maximum absolute atomic E-state index is 11.9. The molecule has 104 valence electrons. The Bertz CT molecular complexity index is 530. The smallest absolute Gasteiger partial charge is 0.179 e. The predicted molar refractivity (Wildman–Crippen MR) is 69.2 cm³/mol. The van der Waals surface area contributed by atoms with Gasteiger partial charge in [0.05, 0.1) is 41.5 Å². The van der Waals surface area contributed by atoms with Crippen molar-refractivity contribution in [2.45, 2.75) is 10.9 Å².